The number of nitrogens with zero attached hydrogens (tertiary/aromatic N) is 2. The number of carbonyl (C=O) groups excluding carboxylic acids is 2. The Kier molecular flexibility index (Phi) is 8.97. The highest BCUT2D eigenvalue weighted by atomic mass is 16.5. The number of hydrogen-bond donors (Lipinski definition) is 2. The number of rotatable bonds is 9. The van der Waals surface area contributed by atoms with E-state index in [2.05, 4.69) is 15.8 Å². The van der Waals surface area contributed by atoms with E-state index in [0.29, 0.717) is 36.0 Å². The average molecular weight is 471 g/mol. The summed E-state index contributed by atoms with van der Waals surface area (Å²) in [5, 5.41) is 15.0. The lowest BCUT2D eigenvalue weighted by Gasteiger charge is -2.12. The van der Waals surface area contributed by atoms with E-state index in [0.717, 1.165) is 11.1 Å². The van der Waals surface area contributed by atoms with Crippen molar-refractivity contribution in [3.05, 3.63) is 89.0 Å². The molecule has 2 amide bonds. The molecule has 0 fully saturated rings. The summed E-state index contributed by atoms with van der Waals surface area (Å²) in [5.74, 6) is -0.628. The lowest BCUT2D eigenvalue weighted by Crippen LogP contribution is -2.32. The molecule has 0 saturated heterocycles. The second kappa shape index (κ2) is 12.6. The van der Waals surface area contributed by atoms with E-state index in [1.807, 2.05) is 44.2 Å². The number of nitrogens with one attached hydrogen (secondary N) is 2. The minimum atomic E-state index is -0.912. The van der Waals surface area contributed by atoms with Gasteiger partial charge in [-0.3, -0.25) is 9.59 Å². The van der Waals surface area contributed by atoms with Gasteiger partial charge in [0.25, 0.3) is 0 Å². The highest BCUT2D eigenvalue weighted by molar-refractivity contribution is 6.39. The molecule has 3 rings (SSSR count). The summed E-state index contributed by atoms with van der Waals surface area (Å²) < 4.78 is 11.6. The van der Waals surface area contributed by atoms with Crippen molar-refractivity contribution in [2.45, 2.75) is 26.9 Å². The van der Waals surface area contributed by atoms with Gasteiger partial charge >= 0.3 is 11.8 Å². The van der Waals surface area contributed by atoms with Gasteiger partial charge in [-0.2, -0.15) is 10.4 Å². The molecule has 0 aromatic heterocycles. The zero-order valence-corrected chi connectivity index (χ0v) is 19.6. The number of nitriles is 1. The molecule has 0 aliphatic carbocycles. The molecule has 0 radical (unpaired) electrons. The monoisotopic (exact) mass is 470 g/mol. The SMILES string of the molecule is CCOc1cc(C=NNC(=O)C(=O)Nc2ccc(CC#N)cc2)ccc1OCc1ccc(C)cc1. The fourth-order valence-electron chi connectivity index (χ4n) is 3.04. The second-order valence-electron chi connectivity index (χ2n) is 7.60. The van der Waals surface area contributed by atoms with Crippen molar-refractivity contribution in [1.29, 1.82) is 5.26 Å². The van der Waals surface area contributed by atoms with Gasteiger partial charge in [-0.15, -0.1) is 0 Å². The standard InChI is InChI=1S/C27H26N4O4/c1-3-34-25-16-22(10-13-24(25)35-18-21-6-4-19(2)5-7-21)17-29-31-27(33)26(32)30-23-11-8-20(9-12-23)14-15-28/h4-13,16-17H,3,14,18H2,1-2H3,(H,30,32)(H,31,33). The predicted molar refractivity (Wildman–Crippen MR) is 133 cm³/mol. The van der Waals surface area contributed by atoms with Gasteiger partial charge in [0.05, 0.1) is 25.3 Å². The fraction of sp³-hybridized carbons (Fsp3) is 0.185. The first-order valence-electron chi connectivity index (χ1n) is 11.0. The summed E-state index contributed by atoms with van der Waals surface area (Å²) in [7, 11) is 0. The minimum Gasteiger partial charge on any atom is -0.490 e. The van der Waals surface area contributed by atoms with Crippen LogP contribution in [0.15, 0.2) is 71.8 Å². The van der Waals surface area contributed by atoms with Crippen LogP contribution in [0.2, 0.25) is 0 Å². The second-order valence-corrected chi connectivity index (χ2v) is 7.60. The molecule has 0 spiro atoms. The number of anilines is 1. The first-order valence-corrected chi connectivity index (χ1v) is 11.0. The van der Waals surface area contributed by atoms with Gasteiger partial charge in [-0.25, -0.2) is 5.43 Å². The molecule has 0 atom stereocenters. The number of amides is 2. The van der Waals surface area contributed by atoms with Crippen molar-refractivity contribution < 1.29 is 19.1 Å². The molecule has 0 unspecified atom stereocenters. The molecule has 3 aromatic rings. The Balaban J connectivity index is 1.56. The molecule has 178 valence electrons. The van der Waals surface area contributed by atoms with Crippen LogP contribution in [0, 0.1) is 18.3 Å². The van der Waals surface area contributed by atoms with Gasteiger partial charge in [-0.1, -0.05) is 42.0 Å². The van der Waals surface area contributed by atoms with Crippen molar-refractivity contribution in [3.63, 3.8) is 0 Å². The quantitative estimate of drug-likeness (QED) is 0.277. The first-order chi connectivity index (χ1) is 17.0. The van der Waals surface area contributed by atoms with Crippen LogP contribution in [0.5, 0.6) is 11.5 Å². The normalized spacial score (nSPS) is 10.4. The molecule has 2 N–H and O–H groups in total. The minimum absolute atomic E-state index is 0.272. The first kappa shape index (κ1) is 25.0. The average Bonchev–Trinajstić information content (AvgIpc) is 2.86. The van der Waals surface area contributed by atoms with Crippen LogP contribution in [0.4, 0.5) is 5.69 Å². The Morgan fingerprint density at radius 2 is 1.66 bits per heavy atom. The van der Waals surface area contributed by atoms with Crippen molar-refractivity contribution in [3.8, 4) is 17.6 Å². The third kappa shape index (κ3) is 7.72. The zero-order valence-electron chi connectivity index (χ0n) is 19.6. The van der Waals surface area contributed by atoms with Crippen LogP contribution < -0.4 is 20.2 Å². The van der Waals surface area contributed by atoms with E-state index < -0.39 is 11.8 Å². The molecule has 8 heteroatoms. The van der Waals surface area contributed by atoms with Gasteiger partial charge in [0.2, 0.25) is 0 Å². The molecule has 0 aliphatic heterocycles. The summed E-state index contributed by atoms with van der Waals surface area (Å²) in [6.07, 6.45) is 1.68. The van der Waals surface area contributed by atoms with Crippen LogP contribution in [0.3, 0.4) is 0 Å². The third-order valence-electron chi connectivity index (χ3n) is 4.86. The smallest absolute Gasteiger partial charge is 0.329 e. The number of aryl methyl sites for hydroxylation is 1. The molecule has 8 nitrogen and oxygen atoms in total. The topological polar surface area (TPSA) is 113 Å². The lowest BCUT2D eigenvalue weighted by atomic mass is 10.1. The molecule has 0 saturated carbocycles. The predicted octanol–water partition coefficient (Wildman–Crippen LogP) is 4.13. The number of ether oxygens (including phenoxy) is 2. The van der Waals surface area contributed by atoms with E-state index in [-0.39, 0.29) is 6.42 Å². The summed E-state index contributed by atoms with van der Waals surface area (Å²) in [6, 6.07) is 22.1. The highest BCUT2D eigenvalue weighted by Gasteiger charge is 2.13. The lowest BCUT2D eigenvalue weighted by molar-refractivity contribution is -0.136. The summed E-state index contributed by atoms with van der Waals surface area (Å²) in [5.41, 5.74) is 6.35. The molecule has 3 aromatic carbocycles. The Morgan fingerprint density at radius 1 is 0.943 bits per heavy atom. The molecule has 0 bridgehead atoms. The van der Waals surface area contributed by atoms with E-state index in [4.69, 9.17) is 14.7 Å². The maximum Gasteiger partial charge on any atom is 0.329 e. The van der Waals surface area contributed by atoms with Crippen molar-refractivity contribution in [1.82, 2.24) is 5.43 Å². The van der Waals surface area contributed by atoms with E-state index >= 15 is 0 Å². The maximum absolute atomic E-state index is 12.1. The Hall–Kier alpha value is -4.64. The van der Waals surface area contributed by atoms with Crippen molar-refractivity contribution in [2.75, 3.05) is 11.9 Å². The number of hydrogen-bond acceptors (Lipinski definition) is 6. The van der Waals surface area contributed by atoms with Gasteiger partial charge < -0.3 is 14.8 Å². The van der Waals surface area contributed by atoms with Crippen LogP contribution in [0.1, 0.15) is 29.2 Å². The highest BCUT2D eigenvalue weighted by Crippen LogP contribution is 2.29. The Bertz CT molecular complexity index is 1230. The van der Waals surface area contributed by atoms with Crippen molar-refractivity contribution >= 4 is 23.7 Å². The van der Waals surface area contributed by atoms with Crippen LogP contribution in [-0.2, 0) is 22.6 Å². The molecular weight excluding hydrogens is 444 g/mol. The van der Waals surface area contributed by atoms with E-state index in [1.54, 1.807) is 42.5 Å². The number of carbonyl (C=O) groups is 2. The van der Waals surface area contributed by atoms with Crippen molar-refractivity contribution in [2.24, 2.45) is 5.10 Å². The van der Waals surface area contributed by atoms with Crippen LogP contribution in [-0.4, -0.2) is 24.6 Å². The Labute approximate surface area is 204 Å². The number of hydrazone groups is 1. The number of benzene rings is 3. The Morgan fingerprint density at radius 3 is 2.34 bits per heavy atom. The van der Waals surface area contributed by atoms with E-state index in [9.17, 15) is 9.59 Å². The molecular formula is C27H26N4O4. The van der Waals surface area contributed by atoms with Crippen LogP contribution in [0.25, 0.3) is 0 Å². The third-order valence-corrected chi connectivity index (χ3v) is 4.86. The zero-order chi connectivity index (χ0) is 25.0. The van der Waals surface area contributed by atoms with Crippen LogP contribution >= 0.6 is 0 Å². The molecule has 0 heterocycles. The van der Waals surface area contributed by atoms with Gasteiger partial charge in [0, 0.05) is 5.69 Å². The van der Waals surface area contributed by atoms with E-state index in [1.165, 1.54) is 11.8 Å². The molecule has 35 heavy (non-hydrogen) atoms. The van der Waals surface area contributed by atoms with Gasteiger partial charge in [-0.05, 0) is 60.9 Å². The van der Waals surface area contributed by atoms with Gasteiger partial charge in [0.15, 0.2) is 11.5 Å². The van der Waals surface area contributed by atoms with Gasteiger partial charge in [0.1, 0.15) is 6.61 Å². The summed E-state index contributed by atoms with van der Waals surface area (Å²) in [6.45, 7) is 4.76. The summed E-state index contributed by atoms with van der Waals surface area (Å²) in [4.78, 5) is 24.1. The largest absolute Gasteiger partial charge is 0.490 e. The summed E-state index contributed by atoms with van der Waals surface area (Å²) >= 11 is 0. The fourth-order valence-corrected chi connectivity index (χ4v) is 3.04. The molecule has 0 aliphatic rings. The maximum atomic E-state index is 12.1.